The highest BCUT2D eigenvalue weighted by molar-refractivity contribution is 8.00. The van der Waals surface area contributed by atoms with Gasteiger partial charge in [0.05, 0.1) is 5.37 Å². The van der Waals surface area contributed by atoms with Crippen LogP contribution in [0.5, 0.6) is 0 Å². The van der Waals surface area contributed by atoms with E-state index in [1.165, 1.54) is 18.6 Å². The first kappa shape index (κ1) is 9.40. The molecule has 1 nitrogen and oxygen atoms in total. The maximum absolute atomic E-state index is 3.63. The third-order valence-electron chi connectivity index (χ3n) is 2.10. The van der Waals surface area contributed by atoms with Gasteiger partial charge in [0.1, 0.15) is 0 Å². The van der Waals surface area contributed by atoms with E-state index in [1.807, 2.05) is 0 Å². The fraction of sp³-hybridized carbons (Fsp3) is 1.00. The van der Waals surface area contributed by atoms with Crippen molar-refractivity contribution in [2.45, 2.75) is 45.0 Å². The first-order chi connectivity index (χ1) is 5.22. The van der Waals surface area contributed by atoms with Gasteiger partial charge in [-0.3, -0.25) is 0 Å². The van der Waals surface area contributed by atoms with E-state index in [9.17, 15) is 0 Å². The van der Waals surface area contributed by atoms with Gasteiger partial charge in [-0.05, 0) is 18.8 Å². The molecule has 0 bridgehead atoms. The summed E-state index contributed by atoms with van der Waals surface area (Å²) >= 11 is 2.09. The van der Waals surface area contributed by atoms with E-state index in [4.69, 9.17) is 0 Å². The van der Waals surface area contributed by atoms with Crippen LogP contribution in [0.15, 0.2) is 0 Å². The second-order valence-electron chi connectivity index (χ2n) is 3.72. The van der Waals surface area contributed by atoms with Crippen LogP contribution < -0.4 is 5.32 Å². The minimum absolute atomic E-state index is 0.736. The zero-order chi connectivity index (χ0) is 8.27. The lowest BCUT2D eigenvalue weighted by molar-refractivity contribution is 0.479. The van der Waals surface area contributed by atoms with Gasteiger partial charge in [-0.25, -0.2) is 0 Å². The topological polar surface area (TPSA) is 12.0 Å². The molecular formula is C9H19NS. The fourth-order valence-corrected chi connectivity index (χ4v) is 3.00. The highest BCUT2D eigenvalue weighted by Crippen LogP contribution is 2.25. The van der Waals surface area contributed by atoms with E-state index in [2.05, 4.69) is 37.8 Å². The second-order valence-corrected chi connectivity index (χ2v) is 4.96. The number of hydrogen-bond donors (Lipinski definition) is 1. The van der Waals surface area contributed by atoms with Crippen LogP contribution in [0.25, 0.3) is 0 Å². The third-order valence-corrected chi connectivity index (χ3v) is 3.42. The summed E-state index contributed by atoms with van der Waals surface area (Å²) in [7, 11) is 0. The van der Waals surface area contributed by atoms with Crippen LogP contribution in [0.4, 0.5) is 0 Å². The van der Waals surface area contributed by atoms with Gasteiger partial charge in [0.25, 0.3) is 0 Å². The van der Waals surface area contributed by atoms with E-state index in [0.29, 0.717) is 0 Å². The fourth-order valence-electron chi connectivity index (χ4n) is 1.39. The molecule has 1 N–H and O–H groups in total. The van der Waals surface area contributed by atoms with Gasteiger partial charge in [0, 0.05) is 11.8 Å². The lowest BCUT2D eigenvalue weighted by Gasteiger charge is -2.13. The van der Waals surface area contributed by atoms with Crippen molar-refractivity contribution in [3.8, 4) is 0 Å². The van der Waals surface area contributed by atoms with Crippen LogP contribution in [0.2, 0.25) is 0 Å². The Kier molecular flexibility index (Phi) is 3.73. The van der Waals surface area contributed by atoms with Crippen molar-refractivity contribution in [3.63, 3.8) is 0 Å². The molecule has 0 aromatic rings. The maximum atomic E-state index is 3.63. The Bertz CT molecular complexity index is 114. The Morgan fingerprint density at radius 3 is 2.73 bits per heavy atom. The maximum Gasteiger partial charge on any atom is 0.0537 e. The summed E-state index contributed by atoms with van der Waals surface area (Å²) in [6.45, 7) is 6.85. The van der Waals surface area contributed by atoms with E-state index < -0.39 is 0 Å². The summed E-state index contributed by atoms with van der Waals surface area (Å²) in [5.74, 6) is 2.14. The molecule has 0 aromatic carbocycles. The van der Waals surface area contributed by atoms with E-state index in [0.717, 1.165) is 17.3 Å². The molecule has 11 heavy (non-hydrogen) atoms. The molecule has 2 unspecified atom stereocenters. The summed E-state index contributed by atoms with van der Waals surface area (Å²) in [4.78, 5) is 0. The highest BCUT2D eigenvalue weighted by atomic mass is 32.2. The molecule has 1 aliphatic rings. The summed E-state index contributed by atoms with van der Waals surface area (Å²) in [5.41, 5.74) is 0. The summed E-state index contributed by atoms with van der Waals surface area (Å²) in [6.07, 6.45) is 2.60. The predicted molar refractivity (Wildman–Crippen MR) is 52.9 cm³/mol. The Morgan fingerprint density at radius 2 is 2.27 bits per heavy atom. The summed E-state index contributed by atoms with van der Waals surface area (Å²) < 4.78 is 0. The number of thioether (sulfide) groups is 1. The molecule has 66 valence electrons. The lowest BCUT2D eigenvalue weighted by atomic mass is 10.1. The van der Waals surface area contributed by atoms with Crippen LogP contribution in [-0.2, 0) is 0 Å². The van der Waals surface area contributed by atoms with Crippen molar-refractivity contribution in [1.82, 2.24) is 5.32 Å². The average molecular weight is 173 g/mol. The van der Waals surface area contributed by atoms with E-state index in [-0.39, 0.29) is 0 Å². The zero-order valence-corrected chi connectivity index (χ0v) is 8.58. The number of rotatable bonds is 3. The van der Waals surface area contributed by atoms with Gasteiger partial charge in [-0.1, -0.05) is 20.8 Å². The molecule has 1 fully saturated rings. The summed E-state index contributed by atoms with van der Waals surface area (Å²) in [6, 6.07) is 0.781. The highest BCUT2D eigenvalue weighted by Gasteiger charge is 2.22. The van der Waals surface area contributed by atoms with Crippen LogP contribution >= 0.6 is 11.8 Å². The Balaban J connectivity index is 2.19. The third kappa shape index (κ3) is 3.04. The Morgan fingerprint density at radius 1 is 1.55 bits per heavy atom. The van der Waals surface area contributed by atoms with Gasteiger partial charge in [-0.15, -0.1) is 11.8 Å². The molecule has 0 aliphatic carbocycles. The lowest BCUT2D eigenvalue weighted by Crippen LogP contribution is -2.29. The van der Waals surface area contributed by atoms with Crippen LogP contribution in [0.1, 0.15) is 33.6 Å². The van der Waals surface area contributed by atoms with Gasteiger partial charge in [-0.2, -0.15) is 0 Å². The molecule has 1 rings (SSSR count). The van der Waals surface area contributed by atoms with Crippen molar-refractivity contribution in [3.05, 3.63) is 0 Å². The van der Waals surface area contributed by atoms with Crippen molar-refractivity contribution in [2.24, 2.45) is 5.92 Å². The Hall–Kier alpha value is 0.310. The predicted octanol–water partition coefficient (Wildman–Crippen LogP) is 2.47. The number of nitrogens with one attached hydrogen (secondary N) is 1. The average Bonchev–Trinajstić information content (AvgIpc) is 2.34. The van der Waals surface area contributed by atoms with Crippen molar-refractivity contribution in [1.29, 1.82) is 0 Å². The van der Waals surface area contributed by atoms with Crippen LogP contribution in [0, 0.1) is 5.92 Å². The Labute approximate surface area is 74.3 Å². The van der Waals surface area contributed by atoms with Gasteiger partial charge in [0.15, 0.2) is 0 Å². The first-order valence-corrected chi connectivity index (χ1v) is 5.65. The molecule has 0 amide bonds. The SMILES string of the molecule is CCC1CSC(CC(C)C)N1. The molecule has 0 radical (unpaired) electrons. The van der Waals surface area contributed by atoms with Crippen molar-refractivity contribution in [2.75, 3.05) is 5.75 Å². The molecule has 0 saturated carbocycles. The molecule has 0 aromatic heterocycles. The molecule has 1 aliphatic heterocycles. The standard InChI is InChI=1S/C9H19NS/c1-4-8-6-11-9(10-8)5-7(2)3/h7-10H,4-6H2,1-3H3. The number of hydrogen-bond acceptors (Lipinski definition) is 2. The van der Waals surface area contributed by atoms with E-state index in [1.54, 1.807) is 0 Å². The second kappa shape index (κ2) is 4.36. The molecule has 2 atom stereocenters. The summed E-state index contributed by atoms with van der Waals surface area (Å²) in [5, 5.41) is 4.37. The molecular weight excluding hydrogens is 154 g/mol. The van der Waals surface area contributed by atoms with Crippen molar-refractivity contribution >= 4 is 11.8 Å². The minimum atomic E-state index is 0.736. The molecule has 1 heterocycles. The quantitative estimate of drug-likeness (QED) is 0.703. The normalized spacial score (nSPS) is 31.6. The van der Waals surface area contributed by atoms with Crippen LogP contribution in [0.3, 0.4) is 0 Å². The molecule has 0 spiro atoms. The van der Waals surface area contributed by atoms with Gasteiger partial charge in [0.2, 0.25) is 0 Å². The van der Waals surface area contributed by atoms with Gasteiger partial charge < -0.3 is 5.32 Å². The molecule has 1 saturated heterocycles. The van der Waals surface area contributed by atoms with Gasteiger partial charge >= 0.3 is 0 Å². The smallest absolute Gasteiger partial charge is 0.0537 e. The first-order valence-electron chi connectivity index (χ1n) is 4.60. The molecule has 2 heteroatoms. The zero-order valence-electron chi connectivity index (χ0n) is 7.76. The van der Waals surface area contributed by atoms with Crippen molar-refractivity contribution < 1.29 is 0 Å². The monoisotopic (exact) mass is 173 g/mol. The van der Waals surface area contributed by atoms with Crippen LogP contribution in [-0.4, -0.2) is 17.2 Å². The van der Waals surface area contributed by atoms with E-state index >= 15 is 0 Å². The largest absolute Gasteiger partial charge is 0.302 e. The minimum Gasteiger partial charge on any atom is -0.302 e.